The van der Waals surface area contributed by atoms with Gasteiger partial charge in [0.25, 0.3) is 0 Å². The monoisotopic (exact) mass is 240 g/mol. The molecule has 0 bridgehead atoms. The molecule has 0 spiro atoms. The average molecular weight is 240 g/mol. The number of benzene rings is 2. The third-order valence-electron chi connectivity index (χ3n) is 2.55. The fourth-order valence-electron chi connectivity index (χ4n) is 1.73. The van der Waals surface area contributed by atoms with Crippen molar-refractivity contribution >= 4 is 17.8 Å². The van der Waals surface area contributed by atoms with Crippen LogP contribution in [0.25, 0.3) is 0 Å². The van der Waals surface area contributed by atoms with Crippen LogP contribution in [0.4, 0.5) is 0 Å². The summed E-state index contributed by atoms with van der Waals surface area (Å²) in [5.74, 6) is 1.58. The quantitative estimate of drug-likeness (QED) is 0.594. The van der Waals surface area contributed by atoms with E-state index >= 15 is 0 Å². The van der Waals surface area contributed by atoms with Crippen LogP contribution in [0.2, 0.25) is 0 Å². The summed E-state index contributed by atoms with van der Waals surface area (Å²) in [5.41, 5.74) is 2.67. The van der Waals surface area contributed by atoms with Crippen LogP contribution in [0.1, 0.15) is 0 Å². The highest BCUT2D eigenvalue weighted by Crippen LogP contribution is 2.44. The van der Waals surface area contributed by atoms with Crippen molar-refractivity contribution in [2.24, 2.45) is 0 Å². The predicted octanol–water partition coefficient (Wildman–Crippen LogP) is 3.30. The van der Waals surface area contributed by atoms with E-state index in [1.807, 2.05) is 60.7 Å². The third kappa shape index (κ3) is 2.31. The molecular weight excluding hydrogens is 227 g/mol. The van der Waals surface area contributed by atoms with Crippen LogP contribution in [0.3, 0.4) is 0 Å². The summed E-state index contributed by atoms with van der Waals surface area (Å²) in [5, 5.41) is 1.62. The van der Waals surface area contributed by atoms with Crippen molar-refractivity contribution in [1.82, 2.24) is 0 Å². The molecule has 0 saturated heterocycles. The van der Waals surface area contributed by atoms with E-state index < -0.39 is 7.14 Å². The molecule has 2 heteroatoms. The SMILES string of the molecule is C=C=CP(=O)(c1ccccc1)c1ccccc1. The zero-order valence-electron chi connectivity index (χ0n) is 9.41. The Morgan fingerprint density at radius 1 is 0.882 bits per heavy atom. The summed E-state index contributed by atoms with van der Waals surface area (Å²) in [7, 11) is -2.72. The normalized spacial score (nSPS) is 10.6. The van der Waals surface area contributed by atoms with Crippen molar-refractivity contribution in [1.29, 1.82) is 0 Å². The lowest BCUT2D eigenvalue weighted by Crippen LogP contribution is -2.13. The van der Waals surface area contributed by atoms with Gasteiger partial charge in [0, 0.05) is 16.4 Å². The second kappa shape index (κ2) is 5.01. The van der Waals surface area contributed by atoms with Crippen LogP contribution in [0.5, 0.6) is 0 Å². The van der Waals surface area contributed by atoms with Gasteiger partial charge < -0.3 is 4.57 Å². The minimum Gasteiger partial charge on any atom is -0.309 e. The molecule has 2 rings (SSSR count). The van der Waals surface area contributed by atoms with Gasteiger partial charge in [-0.25, -0.2) is 0 Å². The molecule has 1 nitrogen and oxygen atoms in total. The van der Waals surface area contributed by atoms with E-state index in [1.165, 1.54) is 0 Å². The van der Waals surface area contributed by atoms with Crippen LogP contribution < -0.4 is 10.6 Å². The van der Waals surface area contributed by atoms with E-state index in [4.69, 9.17) is 0 Å². The van der Waals surface area contributed by atoms with Gasteiger partial charge in [-0.1, -0.05) is 67.2 Å². The first kappa shape index (κ1) is 11.7. The molecule has 0 saturated carbocycles. The second-order valence-corrected chi connectivity index (χ2v) is 6.27. The Hall–Kier alpha value is -1.81. The summed E-state index contributed by atoms with van der Waals surface area (Å²) in [4.78, 5) is 0. The highest BCUT2D eigenvalue weighted by Gasteiger charge is 2.23. The predicted molar refractivity (Wildman–Crippen MR) is 73.5 cm³/mol. The highest BCUT2D eigenvalue weighted by atomic mass is 31.2. The van der Waals surface area contributed by atoms with Crippen molar-refractivity contribution in [3.8, 4) is 0 Å². The molecule has 0 N–H and O–H groups in total. The van der Waals surface area contributed by atoms with Gasteiger partial charge >= 0.3 is 0 Å². The molecule has 84 valence electrons. The summed E-state index contributed by atoms with van der Waals surface area (Å²) in [6.07, 6.45) is 0. The molecule has 0 aromatic heterocycles. The summed E-state index contributed by atoms with van der Waals surface area (Å²) in [6.45, 7) is 3.54. The molecule has 0 aliphatic rings. The molecule has 17 heavy (non-hydrogen) atoms. The first-order valence-electron chi connectivity index (χ1n) is 5.35. The Morgan fingerprint density at radius 3 is 1.65 bits per heavy atom. The average Bonchev–Trinajstić information content (AvgIpc) is 2.41. The molecule has 0 heterocycles. The van der Waals surface area contributed by atoms with Crippen LogP contribution in [-0.4, -0.2) is 0 Å². The van der Waals surface area contributed by atoms with Gasteiger partial charge in [0.2, 0.25) is 0 Å². The molecule has 0 amide bonds. The van der Waals surface area contributed by atoms with Crippen molar-refractivity contribution in [2.45, 2.75) is 0 Å². The lowest BCUT2D eigenvalue weighted by Gasteiger charge is -2.13. The van der Waals surface area contributed by atoms with Crippen molar-refractivity contribution in [3.05, 3.63) is 78.8 Å². The van der Waals surface area contributed by atoms with Crippen LogP contribution in [-0.2, 0) is 4.57 Å². The maximum absolute atomic E-state index is 13.1. The van der Waals surface area contributed by atoms with Crippen LogP contribution >= 0.6 is 7.14 Å². The Balaban J connectivity index is 2.64. The Morgan fingerprint density at radius 2 is 1.29 bits per heavy atom. The van der Waals surface area contributed by atoms with Gasteiger partial charge in [0.15, 0.2) is 7.14 Å². The van der Waals surface area contributed by atoms with Crippen LogP contribution in [0, 0.1) is 0 Å². The van der Waals surface area contributed by atoms with E-state index in [1.54, 1.807) is 5.82 Å². The van der Waals surface area contributed by atoms with Gasteiger partial charge in [0.05, 0.1) is 0 Å². The summed E-state index contributed by atoms with van der Waals surface area (Å²) in [6, 6.07) is 18.9. The van der Waals surface area contributed by atoms with Gasteiger partial charge in [0.1, 0.15) is 0 Å². The minimum absolute atomic E-state index is 0.808. The largest absolute Gasteiger partial charge is 0.309 e. The molecular formula is C15H13OP. The zero-order valence-corrected chi connectivity index (χ0v) is 10.3. The fourth-order valence-corrected chi connectivity index (χ4v) is 3.81. The molecule has 2 aromatic rings. The third-order valence-corrected chi connectivity index (χ3v) is 5.23. The Kier molecular flexibility index (Phi) is 3.44. The lowest BCUT2D eigenvalue weighted by molar-refractivity contribution is 0.592. The number of hydrogen-bond donors (Lipinski definition) is 0. The van der Waals surface area contributed by atoms with Gasteiger partial charge in [-0.05, 0) is 0 Å². The van der Waals surface area contributed by atoms with Crippen molar-refractivity contribution in [3.63, 3.8) is 0 Å². The molecule has 0 unspecified atom stereocenters. The second-order valence-electron chi connectivity index (χ2n) is 3.66. The summed E-state index contributed by atoms with van der Waals surface area (Å²) < 4.78 is 13.1. The van der Waals surface area contributed by atoms with Crippen LogP contribution in [0.15, 0.2) is 78.8 Å². The van der Waals surface area contributed by atoms with Gasteiger partial charge in [-0.2, -0.15) is 0 Å². The topological polar surface area (TPSA) is 17.1 Å². The lowest BCUT2D eigenvalue weighted by atomic mass is 10.4. The van der Waals surface area contributed by atoms with Gasteiger partial charge in [-0.3, -0.25) is 0 Å². The van der Waals surface area contributed by atoms with Crippen molar-refractivity contribution in [2.75, 3.05) is 0 Å². The molecule has 0 radical (unpaired) electrons. The maximum Gasteiger partial charge on any atom is 0.171 e. The van der Waals surface area contributed by atoms with Crippen molar-refractivity contribution < 1.29 is 4.57 Å². The molecule has 0 atom stereocenters. The number of rotatable bonds is 3. The van der Waals surface area contributed by atoms with E-state index in [0.717, 1.165) is 10.6 Å². The summed E-state index contributed by atoms with van der Waals surface area (Å²) >= 11 is 0. The van der Waals surface area contributed by atoms with E-state index in [9.17, 15) is 4.57 Å². The zero-order chi connectivity index (χ0) is 12.1. The highest BCUT2D eigenvalue weighted by molar-refractivity contribution is 7.81. The first-order valence-corrected chi connectivity index (χ1v) is 7.13. The van der Waals surface area contributed by atoms with E-state index in [2.05, 4.69) is 12.3 Å². The van der Waals surface area contributed by atoms with Gasteiger partial charge in [-0.15, -0.1) is 5.73 Å². The standard InChI is InChI=1S/C15H13OP/c1-2-13-17(16,14-9-5-3-6-10-14)15-11-7-4-8-12-15/h3-13H,1H2. The molecule has 0 aliphatic heterocycles. The Labute approximate surface area is 101 Å². The maximum atomic E-state index is 13.1. The minimum atomic E-state index is -2.72. The molecule has 0 fully saturated rings. The van der Waals surface area contributed by atoms with E-state index in [-0.39, 0.29) is 0 Å². The Bertz CT molecular complexity index is 537. The first-order chi connectivity index (χ1) is 8.27. The van der Waals surface area contributed by atoms with E-state index in [0.29, 0.717) is 0 Å². The molecule has 0 aliphatic carbocycles. The number of hydrogen-bond acceptors (Lipinski definition) is 1. The smallest absolute Gasteiger partial charge is 0.171 e. The molecule has 2 aromatic carbocycles. The fraction of sp³-hybridized carbons (Fsp3) is 0.